The summed E-state index contributed by atoms with van der Waals surface area (Å²) in [6.07, 6.45) is -0.0183. The Bertz CT molecular complexity index is 692. The maximum Gasteiger partial charge on any atom is 0.338 e. The first-order valence-electron chi connectivity index (χ1n) is 8.12. The zero-order valence-electron chi connectivity index (χ0n) is 12.9. The fourth-order valence-electron chi connectivity index (χ4n) is 3.12. The van der Waals surface area contributed by atoms with E-state index < -0.39 is 0 Å². The number of anilines is 1. The Balaban J connectivity index is 1.38. The lowest BCUT2D eigenvalue weighted by molar-refractivity contribution is 0.0232. The molecule has 0 aliphatic carbocycles. The highest BCUT2D eigenvalue weighted by Crippen LogP contribution is 2.26. The van der Waals surface area contributed by atoms with Crippen molar-refractivity contribution in [3.63, 3.8) is 0 Å². The van der Waals surface area contributed by atoms with E-state index in [2.05, 4.69) is 22.3 Å². The third kappa shape index (κ3) is 2.82. The Morgan fingerprint density at radius 2 is 1.70 bits per heavy atom. The lowest BCUT2D eigenvalue weighted by atomic mass is 9.90. The lowest BCUT2D eigenvalue weighted by Crippen LogP contribution is -2.53. The van der Waals surface area contributed by atoms with Gasteiger partial charge in [0.2, 0.25) is 0 Å². The third-order valence-corrected chi connectivity index (χ3v) is 4.65. The summed E-state index contributed by atoms with van der Waals surface area (Å²) in [5.41, 5.74) is 3.01. The summed E-state index contributed by atoms with van der Waals surface area (Å²) < 4.78 is 5.68. The molecule has 0 bridgehead atoms. The number of ether oxygens (including phenoxy) is 1. The van der Waals surface area contributed by atoms with Crippen molar-refractivity contribution in [2.24, 2.45) is 0 Å². The number of benzene rings is 2. The maximum absolute atomic E-state index is 12.5. The van der Waals surface area contributed by atoms with Crippen molar-refractivity contribution in [2.75, 3.05) is 31.1 Å². The van der Waals surface area contributed by atoms with Crippen LogP contribution in [0.5, 0.6) is 0 Å². The number of hydrogen-bond donors (Lipinski definition) is 1. The summed E-state index contributed by atoms with van der Waals surface area (Å²) >= 11 is 0. The number of para-hydroxylation sites is 1. The van der Waals surface area contributed by atoms with Crippen LogP contribution in [0.25, 0.3) is 0 Å². The minimum Gasteiger partial charge on any atom is -0.455 e. The van der Waals surface area contributed by atoms with E-state index in [-0.39, 0.29) is 12.1 Å². The number of nitrogens with one attached hydrogen (secondary N) is 1. The van der Waals surface area contributed by atoms with Gasteiger partial charge in [-0.1, -0.05) is 36.4 Å². The van der Waals surface area contributed by atoms with E-state index in [0.29, 0.717) is 5.92 Å². The second kappa shape index (κ2) is 6.05. The Morgan fingerprint density at radius 3 is 2.39 bits per heavy atom. The molecule has 2 aromatic carbocycles. The monoisotopic (exact) mass is 308 g/mol. The molecule has 2 fully saturated rings. The highest BCUT2D eigenvalue weighted by Gasteiger charge is 2.32. The van der Waals surface area contributed by atoms with Crippen molar-refractivity contribution >= 4 is 11.7 Å². The van der Waals surface area contributed by atoms with Crippen molar-refractivity contribution in [3.05, 3.63) is 65.7 Å². The average Bonchev–Trinajstić information content (AvgIpc) is 2.50. The first kappa shape index (κ1) is 14.3. The van der Waals surface area contributed by atoms with Crippen molar-refractivity contribution < 1.29 is 9.53 Å². The largest absolute Gasteiger partial charge is 0.455 e. The van der Waals surface area contributed by atoms with Gasteiger partial charge in [0, 0.05) is 24.7 Å². The topological polar surface area (TPSA) is 41.6 Å². The van der Waals surface area contributed by atoms with Crippen LogP contribution in [0.2, 0.25) is 0 Å². The number of carbonyl (C=O) groups excluding carboxylic acids is 1. The van der Waals surface area contributed by atoms with Gasteiger partial charge in [0.1, 0.15) is 6.10 Å². The van der Waals surface area contributed by atoms with Gasteiger partial charge in [-0.15, -0.1) is 0 Å². The number of hydrogen-bond acceptors (Lipinski definition) is 4. The molecule has 0 radical (unpaired) electrons. The van der Waals surface area contributed by atoms with Crippen LogP contribution in [0, 0.1) is 0 Å². The van der Waals surface area contributed by atoms with E-state index >= 15 is 0 Å². The predicted molar refractivity (Wildman–Crippen MR) is 89.9 cm³/mol. The van der Waals surface area contributed by atoms with Gasteiger partial charge in [0.05, 0.1) is 18.7 Å². The molecule has 2 aromatic rings. The van der Waals surface area contributed by atoms with E-state index in [1.165, 1.54) is 5.69 Å². The number of rotatable bonds is 4. The van der Waals surface area contributed by atoms with Crippen molar-refractivity contribution in [1.82, 2.24) is 5.32 Å². The normalized spacial score (nSPS) is 18.2. The third-order valence-electron chi connectivity index (χ3n) is 4.65. The zero-order chi connectivity index (χ0) is 15.6. The van der Waals surface area contributed by atoms with Crippen LogP contribution in [-0.2, 0) is 4.74 Å². The molecule has 2 aliphatic heterocycles. The van der Waals surface area contributed by atoms with Crippen LogP contribution in [0.15, 0.2) is 54.6 Å². The molecule has 0 aromatic heterocycles. The quantitative estimate of drug-likeness (QED) is 0.881. The van der Waals surface area contributed by atoms with E-state index in [1.807, 2.05) is 42.5 Å². The Morgan fingerprint density at radius 1 is 1.00 bits per heavy atom. The molecule has 2 saturated heterocycles. The fourth-order valence-corrected chi connectivity index (χ4v) is 3.12. The number of carbonyl (C=O) groups is 1. The second-order valence-electron chi connectivity index (χ2n) is 6.21. The van der Waals surface area contributed by atoms with Crippen LogP contribution in [0.4, 0.5) is 5.69 Å². The van der Waals surface area contributed by atoms with Crippen LogP contribution in [0.1, 0.15) is 21.8 Å². The minimum atomic E-state index is -0.190. The standard InChI is InChI=1S/C19H20N2O2/c22-19(18-9-5-4-8-17(18)14-10-20-11-14)23-16-12-21(13-16)15-6-2-1-3-7-15/h1-9,14,16,20H,10-13H2. The van der Waals surface area contributed by atoms with E-state index in [1.54, 1.807) is 0 Å². The molecule has 0 amide bonds. The second-order valence-corrected chi connectivity index (χ2v) is 6.21. The summed E-state index contributed by atoms with van der Waals surface area (Å²) in [5, 5.41) is 3.25. The molecular weight excluding hydrogens is 288 g/mol. The molecule has 4 rings (SSSR count). The maximum atomic E-state index is 12.5. The van der Waals surface area contributed by atoms with E-state index in [9.17, 15) is 4.79 Å². The molecule has 118 valence electrons. The van der Waals surface area contributed by atoms with Gasteiger partial charge in [-0.25, -0.2) is 4.79 Å². The zero-order valence-corrected chi connectivity index (χ0v) is 12.9. The van der Waals surface area contributed by atoms with Crippen LogP contribution in [0.3, 0.4) is 0 Å². The molecule has 23 heavy (non-hydrogen) atoms. The van der Waals surface area contributed by atoms with Crippen molar-refractivity contribution in [3.8, 4) is 0 Å². The number of nitrogens with zero attached hydrogens (tertiary/aromatic N) is 1. The van der Waals surface area contributed by atoms with E-state index in [4.69, 9.17) is 4.74 Å². The summed E-state index contributed by atoms with van der Waals surface area (Å²) in [6.45, 7) is 3.41. The molecule has 0 atom stereocenters. The summed E-state index contributed by atoms with van der Waals surface area (Å²) in [7, 11) is 0. The molecule has 0 saturated carbocycles. The van der Waals surface area contributed by atoms with Crippen LogP contribution < -0.4 is 10.2 Å². The molecule has 2 aliphatic rings. The van der Waals surface area contributed by atoms with Crippen LogP contribution in [-0.4, -0.2) is 38.3 Å². The molecular formula is C19H20N2O2. The van der Waals surface area contributed by atoms with Gasteiger partial charge in [0.15, 0.2) is 0 Å². The first-order valence-corrected chi connectivity index (χ1v) is 8.12. The summed E-state index contributed by atoms with van der Waals surface area (Å²) in [6, 6.07) is 18.0. The predicted octanol–water partition coefficient (Wildman–Crippen LogP) is 2.42. The SMILES string of the molecule is O=C(OC1CN(c2ccccc2)C1)c1ccccc1C1CNC1. The Hall–Kier alpha value is -2.33. The fraction of sp³-hybridized carbons (Fsp3) is 0.316. The summed E-state index contributed by atoms with van der Waals surface area (Å²) in [4.78, 5) is 14.7. The van der Waals surface area contributed by atoms with Gasteiger partial charge < -0.3 is 15.0 Å². The highest BCUT2D eigenvalue weighted by molar-refractivity contribution is 5.91. The average molecular weight is 308 g/mol. The van der Waals surface area contributed by atoms with Gasteiger partial charge >= 0.3 is 5.97 Å². The summed E-state index contributed by atoms with van der Waals surface area (Å²) in [5.74, 6) is 0.242. The smallest absolute Gasteiger partial charge is 0.338 e. The van der Waals surface area contributed by atoms with Gasteiger partial charge in [-0.3, -0.25) is 0 Å². The first-order chi connectivity index (χ1) is 11.3. The molecule has 4 heteroatoms. The van der Waals surface area contributed by atoms with Gasteiger partial charge in [-0.05, 0) is 23.8 Å². The number of esters is 1. The van der Waals surface area contributed by atoms with Crippen molar-refractivity contribution in [1.29, 1.82) is 0 Å². The van der Waals surface area contributed by atoms with Crippen molar-refractivity contribution in [2.45, 2.75) is 12.0 Å². The minimum absolute atomic E-state index is 0.0183. The Kier molecular flexibility index (Phi) is 3.75. The van der Waals surface area contributed by atoms with Gasteiger partial charge in [0.25, 0.3) is 0 Å². The van der Waals surface area contributed by atoms with E-state index in [0.717, 1.165) is 37.3 Å². The molecule has 0 unspecified atom stereocenters. The molecule has 2 heterocycles. The molecule has 0 spiro atoms. The molecule has 1 N–H and O–H groups in total. The highest BCUT2D eigenvalue weighted by atomic mass is 16.5. The van der Waals surface area contributed by atoms with Gasteiger partial charge in [-0.2, -0.15) is 0 Å². The Labute approximate surface area is 136 Å². The molecule has 4 nitrogen and oxygen atoms in total. The van der Waals surface area contributed by atoms with Crippen LogP contribution >= 0.6 is 0 Å². The lowest BCUT2D eigenvalue weighted by Gasteiger charge is -2.40.